The van der Waals surface area contributed by atoms with Gasteiger partial charge < -0.3 is 14.6 Å². The fraction of sp³-hybridized carbons (Fsp3) is 0.450. The average Bonchev–Trinajstić information content (AvgIpc) is 3.04. The highest BCUT2D eigenvalue weighted by molar-refractivity contribution is 7.98. The van der Waals surface area contributed by atoms with Gasteiger partial charge >= 0.3 is 0 Å². The van der Waals surface area contributed by atoms with Gasteiger partial charge in [0.1, 0.15) is 11.6 Å². The number of para-hydroxylation sites is 1. The molecule has 0 saturated heterocycles. The van der Waals surface area contributed by atoms with E-state index in [0.717, 1.165) is 41.7 Å². The second kappa shape index (κ2) is 10.8. The molecule has 27 heavy (non-hydrogen) atoms. The first-order chi connectivity index (χ1) is 13.0. The molecule has 2 aromatic rings. The highest BCUT2D eigenvalue weighted by Gasteiger charge is 2.12. The molecule has 0 bridgehead atoms. The molecular weight excluding hydrogens is 360 g/mol. The molecule has 1 aromatic carbocycles. The van der Waals surface area contributed by atoms with Crippen molar-refractivity contribution in [2.45, 2.75) is 38.4 Å². The topological polar surface area (TPSA) is 69.0 Å². The molecule has 0 aliphatic carbocycles. The van der Waals surface area contributed by atoms with Crippen LogP contribution in [-0.2, 0) is 17.8 Å². The van der Waals surface area contributed by atoms with E-state index >= 15 is 0 Å². The van der Waals surface area contributed by atoms with E-state index in [-0.39, 0.29) is 5.91 Å². The van der Waals surface area contributed by atoms with Gasteiger partial charge in [0.15, 0.2) is 5.16 Å². The summed E-state index contributed by atoms with van der Waals surface area (Å²) in [6.45, 7) is 5.87. The Morgan fingerprint density at radius 3 is 2.81 bits per heavy atom. The van der Waals surface area contributed by atoms with Crippen LogP contribution in [0.25, 0.3) is 6.08 Å². The summed E-state index contributed by atoms with van der Waals surface area (Å²) in [5, 5.41) is 12.4. The number of benzene rings is 1. The minimum atomic E-state index is -0.116. The van der Waals surface area contributed by atoms with Gasteiger partial charge in [0.25, 0.3) is 0 Å². The molecule has 0 aliphatic rings. The van der Waals surface area contributed by atoms with Crippen molar-refractivity contribution >= 4 is 23.7 Å². The highest BCUT2D eigenvalue weighted by atomic mass is 32.2. The molecule has 1 heterocycles. The summed E-state index contributed by atoms with van der Waals surface area (Å²) in [7, 11) is 1.62. The molecule has 0 atom stereocenters. The number of nitrogens with zero attached hydrogens (tertiary/aromatic N) is 3. The van der Waals surface area contributed by atoms with Crippen molar-refractivity contribution in [3.8, 4) is 5.75 Å². The average molecular weight is 389 g/mol. The number of carbonyl (C=O) groups is 1. The van der Waals surface area contributed by atoms with Gasteiger partial charge in [0, 0.05) is 31.1 Å². The van der Waals surface area contributed by atoms with Crippen molar-refractivity contribution < 1.29 is 9.53 Å². The number of aryl methyl sites for hydroxylation is 1. The number of carbonyl (C=O) groups excluding carboxylic acids is 1. The van der Waals surface area contributed by atoms with Gasteiger partial charge in [0.2, 0.25) is 5.91 Å². The van der Waals surface area contributed by atoms with Crippen molar-refractivity contribution in [2.24, 2.45) is 5.92 Å². The van der Waals surface area contributed by atoms with Gasteiger partial charge in [-0.2, -0.15) is 0 Å². The molecule has 1 aromatic heterocycles. The van der Waals surface area contributed by atoms with E-state index in [1.807, 2.05) is 30.5 Å². The summed E-state index contributed by atoms with van der Waals surface area (Å²) in [6.07, 6.45) is 6.91. The van der Waals surface area contributed by atoms with Gasteiger partial charge in [-0.15, -0.1) is 10.2 Å². The zero-order valence-electron chi connectivity index (χ0n) is 16.4. The first kappa shape index (κ1) is 21.0. The lowest BCUT2D eigenvalue weighted by Crippen LogP contribution is -2.23. The molecule has 7 heteroatoms. The van der Waals surface area contributed by atoms with E-state index in [4.69, 9.17) is 4.74 Å². The predicted octanol–water partition coefficient (Wildman–Crippen LogP) is 3.43. The number of aromatic nitrogens is 3. The molecule has 0 fully saturated rings. The van der Waals surface area contributed by atoms with Crippen molar-refractivity contribution in [2.75, 3.05) is 19.9 Å². The van der Waals surface area contributed by atoms with Crippen LogP contribution in [0.2, 0.25) is 0 Å². The molecule has 6 nitrogen and oxygen atoms in total. The predicted molar refractivity (Wildman–Crippen MR) is 110 cm³/mol. The van der Waals surface area contributed by atoms with Crippen LogP contribution in [0.5, 0.6) is 5.75 Å². The molecule has 146 valence electrons. The quantitative estimate of drug-likeness (QED) is 0.384. The van der Waals surface area contributed by atoms with E-state index in [9.17, 15) is 4.79 Å². The number of nitrogens with one attached hydrogen (secondary N) is 1. The Bertz CT molecular complexity index is 771. The van der Waals surface area contributed by atoms with Gasteiger partial charge in [-0.1, -0.05) is 43.8 Å². The monoisotopic (exact) mass is 388 g/mol. The Hall–Kier alpha value is -2.28. The van der Waals surface area contributed by atoms with Crippen molar-refractivity contribution in [3.63, 3.8) is 0 Å². The molecule has 0 aliphatic heterocycles. The van der Waals surface area contributed by atoms with Crippen molar-refractivity contribution in [1.82, 2.24) is 20.1 Å². The Morgan fingerprint density at radius 1 is 1.33 bits per heavy atom. The summed E-state index contributed by atoms with van der Waals surface area (Å²) in [5.74, 6) is 2.14. The van der Waals surface area contributed by atoms with E-state index in [0.29, 0.717) is 12.5 Å². The molecular formula is C20H28N4O2S. The van der Waals surface area contributed by atoms with Crippen LogP contribution in [0.4, 0.5) is 0 Å². The molecule has 0 spiro atoms. The maximum absolute atomic E-state index is 12.0. The maximum Gasteiger partial charge on any atom is 0.244 e. The number of rotatable bonds is 10. The van der Waals surface area contributed by atoms with Crippen LogP contribution in [0, 0.1) is 5.92 Å². The number of amides is 1. The van der Waals surface area contributed by atoms with E-state index in [2.05, 4.69) is 33.9 Å². The van der Waals surface area contributed by atoms with Gasteiger partial charge in [-0.05, 0) is 30.7 Å². The Labute approximate surface area is 165 Å². The van der Waals surface area contributed by atoms with Crippen molar-refractivity contribution in [1.29, 1.82) is 0 Å². The maximum atomic E-state index is 12.0. The smallest absolute Gasteiger partial charge is 0.244 e. The van der Waals surface area contributed by atoms with Crippen LogP contribution in [-0.4, -0.2) is 40.6 Å². The largest absolute Gasteiger partial charge is 0.496 e. The lowest BCUT2D eigenvalue weighted by Gasteiger charge is -2.11. The first-order valence-corrected chi connectivity index (χ1v) is 10.3. The van der Waals surface area contributed by atoms with E-state index in [1.165, 1.54) is 6.08 Å². The number of thioether (sulfide) groups is 1. The van der Waals surface area contributed by atoms with Crippen LogP contribution in [0.1, 0.15) is 31.7 Å². The molecule has 2 rings (SSSR count). The highest BCUT2D eigenvalue weighted by Crippen LogP contribution is 2.18. The zero-order valence-corrected chi connectivity index (χ0v) is 17.3. The second-order valence-corrected chi connectivity index (χ2v) is 7.35. The minimum Gasteiger partial charge on any atom is -0.496 e. The minimum absolute atomic E-state index is 0.116. The third-order valence-corrected chi connectivity index (χ3v) is 4.62. The molecule has 0 unspecified atom stereocenters. The summed E-state index contributed by atoms with van der Waals surface area (Å²) in [5.41, 5.74) is 0.876. The Kier molecular flexibility index (Phi) is 8.39. The third-order valence-electron chi connectivity index (χ3n) is 3.95. The Balaban J connectivity index is 1.82. The summed E-state index contributed by atoms with van der Waals surface area (Å²) < 4.78 is 7.45. The normalized spacial score (nSPS) is 11.3. The van der Waals surface area contributed by atoms with E-state index in [1.54, 1.807) is 24.9 Å². The third kappa shape index (κ3) is 6.43. The van der Waals surface area contributed by atoms with Gasteiger partial charge in [0.05, 0.1) is 7.11 Å². The van der Waals surface area contributed by atoms with E-state index < -0.39 is 0 Å². The number of methoxy groups -OCH3 is 1. The fourth-order valence-corrected chi connectivity index (χ4v) is 3.21. The SMILES string of the molecule is COc1ccccc1/C=C/C(=O)NCCCc1nnc(SC)n1CC(C)C. The lowest BCUT2D eigenvalue weighted by atomic mass is 10.2. The van der Waals surface area contributed by atoms with Crippen LogP contribution in [0.15, 0.2) is 35.5 Å². The van der Waals surface area contributed by atoms with Crippen LogP contribution in [0.3, 0.4) is 0 Å². The number of ether oxygens (including phenoxy) is 1. The molecule has 1 amide bonds. The molecule has 0 saturated carbocycles. The zero-order chi connectivity index (χ0) is 19.6. The molecule has 1 N–H and O–H groups in total. The van der Waals surface area contributed by atoms with Crippen LogP contribution >= 0.6 is 11.8 Å². The summed E-state index contributed by atoms with van der Waals surface area (Å²) in [6, 6.07) is 7.59. The number of hydrogen-bond acceptors (Lipinski definition) is 5. The lowest BCUT2D eigenvalue weighted by molar-refractivity contribution is -0.116. The van der Waals surface area contributed by atoms with Gasteiger partial charge in [-0.3, -0.25) is 4.79 Å². The standard InChI is InChI=1S/C20H28N4O2S/c1-15(2)14-24-18(22-23-20(24)27-4)10-7-13-21-19(25)12-11-16-8-5-6-9-17(16)26-3/h5-6,8-9,11-12,15H,7,10,13-14H2,1-4H3,(H,21,25)/b12-11+. The van der Waals surface area contributed by atoms with Gasteiger partial charge in [-0.25, -0.2) is 0 Å². The summed E-state index contributed by atoms with van der Waals surface area (Å²) in [4.78, 5) is 12.0. The molecule has 0 radical (unpaired) electrons. The summed E-state index contributed by atoms with van der Waals surface area (Å²) >= 11 is 1.61. The second-order valence-electron chi connectivity index (χ2n) is 6.58. The fourth-order valence-electron chi connectivity index (χ4n) is 2.69. The number of hydrogen-bond donors (Lipinski definition) is 1. The van der Waals surface area contributed by atoms with Crippen LogP contribution < -0.4 is 10.1 Å². The van der Waals surface area contributed by atoms with Crippen molar-refractivity contribution in [3.05, 3.63) is 41.7 Å². The Morgan fingerprint density at radius 2 is 2.11 bits per heavy atom. The first-order valence-electron chi connectivity index (χ1n) is 9.10.